The van der Waals surface area contributed by atoms with Gasteiger partial charge in [-0.25, -0.2) is 0 Å². The topological polar surface area (TPSA) is 23.5 Å². The van der Waals surface area contributed by atoms with Crippen LogP contribution >= 0.6 is 27.3 Å². The van der Waals surface area contributed by atoms with Gasteiger partial charge in [0.05, 0.1) is 5.54 Å². The minimum Gasteiger partial charge on any atom is -0.386 e. The largest absolute Gasteiger partial charge is 0.386 e. The highest BCUT2D eigenvalue weighted by atomic mass is 79.9. The zero-order valence-corrected chi connectivity index (χ0v) is 13.7. The van der Waals surface area contributed by atoms with Crippen molar-refractivity contribution in [3.05, 3.63) is 20.8 Å². The summed E-state index contributed by atoms with van der Waals surface area (Å²) in [5.74, 6) is 0. The number of thiophene rings is 1. The second-order valence-electron chi connectivity index (χ2n) is 5.89. The van der Waals surface area contributed by atoms with Gasteiger partial charge >= 0.3 is 0 Å². The highest BCUT2D eigenvalue weighted by Crippen LogP contribution is 2.48. The number of piperidine rings is 1. The van der Waals surface area contributed by atoms with Gasteiger partial charge in [-0.3, -0.25) is 4.90 Å². The van der Waals surface area contributed by atoms with Gasteiger partial charge in [-0.05, 0) is 66.1 Å². The first kappa shape index (κ1) is 14.1. The van der Waals surface area contributed by atoms with E-state index in [2.05, 4.69) is 32.3 Å². The summed E-state index contributed by atoms with van der Waals surface area (Å²) < 4.78 is 1.08. The van der Waals surface area contributed by atoms with Crippen LogP contribution in [0.1, 0.15) is 55.9 Å². The van der Waals surface area contributed by atoms with Crippen LogP contribution in [0.25, 0.3) is 0 Å². The van der Waals surface area contributed by atoms with E-state index in [-0.39, 0.29) is 11.6 Å². The van der Waals surface area contributed by atoms with E-state index in [0.29, 0.717) is 0 Å². The Bertz CT molecular complexity index is 422. The summed E-state index contributed by atoms with van der Waals surface area (Å²) in [5, 5.41) is 13.1. The van der Waals surface area contributed by atoms with E-state index >= 15 is 0 Å². The standard InChI is InChI=1S/C15H22BrNOS/c16-12-6-11-19-13(12)14(18)15(7-2-3-8-15)17-9-4-1-5-10-17/h6,11,14,18H,1-5,7-10H2. The van der Waals surface area contributed by atoms with Gasteiger partial charge in [-0.15, -0.1) is 11.3 Å². The molecular weight excluding hydrogens is 322 g/mol. The first-order valence-corrected chi connectivity index (χ1v) is 9.07. The molecule has 0 amide bonds. The van der Waals surface area contributed by atoms with E-state index in [0.717, 1.165) is 22.2 Å². The monoisotopic (exact) mass is 343 g/mol. The molecule has 1 unspecified atom stereocenters. The van der Waals surface area contributed by atoms with Gasteiger partial charge in [0, 0.05) is 9.35 Å². The summed E-state index contributed by atoms with van der Waals surface area (Å²) in [6.07, 6.45) is 8.43. The fraction of sp³-hybridized carbons (Fsp3) is 0.733. The molecule has 1 saturated carbocycles. The number of hydrogen-bond donors (Lipinski definition) is 1. The molecule has 19 heavy (non-hydrogen) atoms. The molecule has 0 radical (unpaired) electrons. The number of nitrogens with zero attached hydrogens (tertiary/aromatic N) is 1. The minimum atomic E-state index is -0.331. The number of rotatable bonds is 3. The van der Waals surface area contributed by atoms with Crippen molar-refractivity contribution in [2.75, 3.05) is 13.1 Å². The quantitative estimate of drug-likeness (QED) is 0.882. The van der Waals surface area contributed by atoms with Crippen LogP contribution < -0.4 is 0 Å². The molecule has 1 aromatic rings. The predicted octanol–water partition coefficient (Wildman–Crippen LogP) is 4.34. The summed E-state index contributed by atoms with van der Waals surface area (Å²) in [4.78, 5) is 3.72. The van der Waals surface area contributed by atoms with Crippen LogP contribution in [0.3, 0.4) is 0 Å². The molecule has 3 rings (SSSR count). The first-order valence-electron chi connectivity index (χ1n) is 7.40. The maximum absolute atomic E-state index is 11.0. The molecular formula is C15H22BrNOS. The van der Waals surface area contributed by atoms with Crippen molar-refractivity contribution in [2.45, 2.75) is 56.6 Å². The Labute approximate surface area is 127 Å². The SMILES string of the molecule is OC(c1sccc1Br)C1(N2CCCCC2)CCCC1. The van der Waals surface area contributed by atoms with Crippen molar-refractivity contribution >= 4 is 27.3 Å². The number of aliphatic hydroxyl groups excluding tert-OH is 1. The Balaban J connectivity index is 1.89. The lowest BCUT2D eigenvalue weighted by Crippen LogP contribution is -2.53. The average molecular weight is 344 g/mol. The van der Waals surface area contributed by atoms with E-state index in [4.69, 9.17) is 0 Å². The van der Waals surface area contributed by atoms with E-state index < -0.39 is 0 Å². The van der Waals surface area contributed by atoms with Crippen molar-refractivity contribution in [3.8, 4) is 0 Å². The molecule has 4 heteroatoms. The van der Waals surface area contributed by atoms with Gasteiger partial charge < -0.3 is 5.11 Å². The summed E-state index contributed by atoms with van der Waals surface area (Å²) in [5.41, 5.74) is 0.00773. The molecule has 0 spiro atoms. The Morgan fingerprint density at radius 2 is 1.84 bits per heavy atom. The van der Waals surface area contributed by atoms with Gasteiger partial charge in [-0.1, -0.05) is 19.3 Å². The lowest BCUT2D eigenvalue weighted by molar-refractivity contribution is -0.0391. The molecule has 1 N–H and O–H groups in total. The minimum absolute atomic E-state index is 0.00773. The molecule has 2 heterocycles. The third-order valence-corrected chi connectivity index (χ3v) is 6.78. The van der Waals surface area contributed by atoms with Crippen LogP contribution in [0.2, 0.25) is 0 Å². The summed E-state index contributed by atoms with van der Waals surface area (Å²) in [6.45, 7) is 2.33. The Morgan fingerprint density at radius 1 is 1.16 bits per heavy atom. The molecule has 1 saturated heterocycles. The molecule has 0 aromatic carbocycles. The lowest BCUT2D eigenvalue weighted by atomic mass is 9.85. The first-order chi connectivity index (χ1) is 9.24. The molecule has 2 nitrogen and oxygen atoms in total. The van der Waals surface area contributed by atoms with E-state index in [1.54, 1.807) is 11.3 Å². The van der Waals surface area contributed by atoms with Crippen LogP contribution in [0.5, 0.6) is 0 Å². The van der Waals surface area contributed by atoms with Crippen molar-refractivity contribution in [2.24, 2.45) is 0 Å². The van der Waals surface area contributed by atoms with Crippen molar-refractivity contribution in [1.82, 2.24) is 4.90 Å². The van der Waals surface area contributed by atoms with Crippen LogP contribution in [0.4, 0.5) is 0 Å². The maximum Gasteiger partial charge on any atom is 0.108 e. The Morgan fingerprint density at radius 3 is 2.42 bits per heavy atom. The Hall–Kier alpha value is 0.1000. The van der Waals surface area contributed by atoms with Crippen LogP contribution in [0.15, 0.2) is 15.9 Å². The zero-order chi connectivity index (χ0) is 13.3. The van der Waals surface area contributed by atoms with Gasteiger partial charge in [0.25, 0.3) is 0 Å². The second kappa shape index (κ2) is 5.84. The molecule has 2 fully saturated rings. The third kappa shape index (κ3) is 2.53. The van der Waals surface area contributed by atoms with Crippen LogP contribution in [-0.2, 0) is 0 Å². The summed E-state index contributed by atoms with van der Waals surface area (Å²) in [7, 11) is 0. The number of likely N-dealkylation sites (tertiary alicyclic amines) is 1. The fourth-order valence-corrected chi connectivity index (χ4v) is 5.52. The highest BCUT2D eigenvalue weighted by molar-refractivity contribution is 9.10. The van der Waals surface area contributed by atoms with Crippen LogP contribution in [-0.4, -0.2) is 28.6 Å². The molecule has 106 valence electrons. The predicted molar refractivity (Wildman–Crippen MR) is 83.6 cm³/mol. The van der Waals surface area contributed by atoms with Gasteiger partial charge in [0.2, 0.25) is 0 Å². The number of hydrogen-bond acceptors (Lipinski definition) is 3. The van der Waals surface area contributed by atoms with Gasteiger partial charge in [-0.2, -0.15) is 0 Å². The van der Waals surface area contributed by atoms with Crippen molar-refractivity contribution < 1.29 is 5.11 Å². The van der Waals surface area contributed by atoms with Gasteiger partial charge in [0.15, 0.2) is 0 Å². The smallest absolute Gasteiger partial charge is 0.108 e. The second-order valence-corrected chi connectivity index (χ2v) is 7.70. The van der Waals surface area contributed by atoms with Crippen molar-refractivity contribution in [1.29, 1.82) is 0 Å². The van der Waals surface area contributed by atoms with Crippen LogP contribution in [0, 0.1) is 0 Å². The summed E-state index contributed by atoms with van der Waals surface area (Å²) >= 11 is 5.28. The summed E-state index contributed by atoms with van der Waals surface area (Å²) in [6, 6.07) is 2.06. The molecule has 0 bridgehead atoms. The maximum atomic E-state index is 11.0. The molecule has 1 aliphatic heterocycles. The Kier molecular flexibility index (Phi) is 4.32. The zero-order valence-electron chi connectivity index (χ0n) is 11.3. The molecule has 2 aliphatic rings. The van der Waals surface area contributed by atoms with Gasteiger partial charge in [0.1, 0.15) is 6.10 Å². The van der Waals surface area contributed by atoms with E-state index in [1.165, 1.54) is 45.2 Å². The third-order valence-electron chi connectivity index (χ3n) is 4.86. The lowest BCUT2D eigenvalue weighted by Gasteiger charge is -2.46. The highest BCUT2D eigenvalue weighted by Gasteiger charge is 2.47. The normalized spacial score (nSPS) is 25.6. The average Bonchev–Trinajstić information content (AvgIpc) is 3.08. The fourth-order valence-electron chi connectivity index (χ4n) is 3.83. The molecule has 1 atom stereocenters. The number of halogens is 1. The molecule has 1 aliphatic carbocycles. The molecule has 1 aromatic heterocycles. The number of aliphatic hydroxyl groups is 1. The van der Waals surface area contributed by atoms with E-state index in [1.807, 2.05) is 0 Å². The van der Waals surface area contributed by atoms with E-state index in [9.17, 15) is 5.11 Å². The van der Waals surface area contributed by atoms with Crippen molar-refractivity contribution in [3.63, 3.8) is 0 Å².